The zero-order chi connectivity index (χ0) is 15.9. The van der Waals surface area contributed by atoms with Crippen LogP contribution in [-0.2, 0) is 0 Å². The van der Waals surface area contributed by atoms with Gasteiger partial charge in [0.25, 0.3) is 5.91 Å². The number of aliphatic imine (C=N–C) groups is 1. The smallest absolute Gasteiger partial charge is 0.291 e. The quantitative estimate of drug-likeness (QED) is 0.387. The second-order valence-corrected chi connectivity index (χ2v) is 5.16. The van der Waals surface area contributed by atoms with Crippen molar-refractivity contribution in [3.63, 3.8) is 0 Å². The van der Waals surface area contributed by atoms with E-state index in [1.165, 1.54) is 18.0 Å². The van der Waals surface area contributed by atoms with Gasteiger partial charge in [-0.2, -0.15) is 5.26 Å². The van der Waals surface area contributed by atoms with Crippen LogP contribution in [0.4, 0.5) is 11.4 Å². The summed E-state index contributed by atoms with van der Waals surface area (Å²) in [5.41, 5.74) is 0.952. The molecule has 22 heavy (non-hydrogen) atoms. The molecule has 0 bridgehead atoms. The van der Waals surface area contributed by atoms with Gasteiger partial charge in [-0.25, -0.2) is 4.99 Å². The number of thioether (sulfide) groups is 1. The van der Waals surface area contributed by atoms with Crippen LogP contribution in [0.1, 0.15) is 10.6 Å². The van der Waals surface area contributed by atoms with E-state index in [1.54, 1.807) is 42.8 Å². The lowest BCUT2D eigenvalue weighted by molar-refractivity contribution is 0.0996. The van der Waals surface area contributed by atoms with Crippen LogP contribution in [-0.4, -0.2) is 17.3 Å². The number of nitriles is 1. The maximum absolute atomic E-state index is 12.0. The molecule has 0 saturated carbocycles. The molecule has 112 valence electrons. The Morgan fingerprint density at radius 2 is 2.27 bits per heavy atom. The van der Waals surface area contributed by atoms with E-state index in [0.29, 0.717) is 21.6 Å². The van der Waals surface area contributed by atoms with Crippen molar-refractivity contribution in [1.29, 1.82) is 5.26 Å². The van der Waals surface area contributed by atoms with Crippen LogP contribution >= 0.6 is 23.4 Å². The minimum atomic E-state index is -0.409. The highest BCUT2D eigenvalue weighted by Crippen LogP contribution is 2.28. The standard InChI is InChI=1S/C14H11ClN4O2S/c1-22-14(17-8-16)18-9-4-5-10(15)11(7-9)19-13(20)12-3-2-6-21-12/h2-7H,1H3,(H,17,18)(H,19,20). The van der Waals surface area contributed by atoms with E-state index in [2.05, 4.69) is 15.6 Å². The van der Waals surface area contributed by atoms with Crippen LogP contribution in [0.2, 0.25) is 5.02 Å². The number of anilines is 1. The lowest BCUT2D eigenvalue weighted by Gasteiger charge is -2.07. The van der Waals surface area contributed by atoms with Gasteiger partial charge in [0, 0.05) is 0 Å². The van der Waals surface area contributed by atoms with Crippen LogP contribution in [0.25, 0.3) is 0 Å². The number of nitrogens with zero attached hydrogens (tertiary/aromatic N) is 2. The van der Waals surface area contributed by atoms with Gasteiger partial charge in [-0.05, 0) is 36.6 Å². The zero-order valence-corrected chi connectivity index (χ0v) is 13.0. The van der Waals surface area contributed by atoms with E-state index in [-0.39, 0.29) is 5.76 Å². The molecule has 0 spiro atoms. The first-order chi connectivity index (χ1) is 10.6. The summed E-state index contributed by atoms with van der Waals surface area (Å²) >= 11 is 7.36. The van der Waals surface area contributed by atoms with Gasteiger partial charge in [-0.1, -0.05) is 23.4 Å². The molecule has 0 fully saturated rings. The molecule has 0 aliphatic carbocycles. The maximum Gasteiger partial charge on any atom is 0.291 e. The van der Waals surface area contributed by atoms with Crippen LogP contribution in [0.15, 0.2) is 46.0 Å². The summed E-state index contributed by atoms with van der Waals surface area (Å²) in [6.45, 7) is 0. The fourth-order valence-corrected chi connectivity index (χ4v) is 2.07. The number of halogens is 1. The summed E-state index contributed by atoms with van der Waals surface area (Å²) in [4.78, 5) is 16.2. The Hall–Kier alpha value is -2.43. The third kappa shape index (κ3) is 4.04. The molecular formula is C14H11ClN4O2S. The molecule has 2 aromatic rings. The van der Waals surface area contributed by atoms with Crippen molar-refractivity contribution in [2.75, 3.05) is 11.6 Å². The first-order valence-corrected chi connectivity index (χ1v) is 7.66. The normalized spacial score (nSPS) is 10.9. The largest absolute Gasteiger partial charge is 0.459 e. The molecule has 2 N–H and O–H groups in total. The van der Waals surface area contributed by atoms with Crippen LogP contribution in [0.5, 0.6) is 0 Å². The van der Waals surface area contributed by atoms with Crippen molar-refractivity contribution in [2.45, 2.75) is 0 Å². The molecule has 1 aromatic heterocycles. The Balaban J connectivity index is 2.24. The second kappa shape index (κ2) is 7.54. The van der Waals surface area contributed by atoms with Gasteiger partial charge in [0.15, 0.2) is 17.1 Å². The number of rotatable bonds is 3. The Bertz CT molecular complexity index is 738. The molecule has 0 atom stereocenters. The number of carbonyl (C=O) groups is 1. The van der Waals surface area contributed by atoms with Crippen molar-refractivity contribution in [2.24, 2.45) is 4.99 Å². The number of furan rings is 1. The minimum Gasteiger partial charge on any atom is -0.459 e. The number of benzene rings is 1. The number of carbonyl (C=O) groups excluding carboxylic acids is 1. The van der Waals surface area contributed by atoms with Crippen LogP contribution in [0, 0.1) is 11.5 Å². The van der Waals surface area contributed by atoms with E-state index in [1.807, 2.05) is 0 Å². The van der Waals surface area contributed by atoms with E-state index >= 15 is 0 Å². The number of amides is 1. The number of nitrogens with one attached hydrogen (secondary N) is 2. The highest BCUT2D eigenvalue weighted by Gasteiger charge is 2.11. The van der Waals surface area contributed by atoms with Gasteiger partial charge >= 0.3 is 0 Å². The summed E-state index contributed by atoms with van der Waals surface area (Å²) < 4.78 is 5.02. The molecule has 0 unspecified atom stereocenters. The Kier molecular flexibility index (Phi) is 5.47. The lowest BCUT2D eigenvalue weighted by atomic mass is 10.2. The Morgan fingerprint density at radius 3 is 2.91 bits per heavy atom. The molecule has 0 radical (unpaired) electrons. The zero-order valence-electron chi connectivity index (χ0n) is 11.5. The third-order valence-corrected chi connectivity index (χ3v) is 3.44. The van der Waals surface area contributed by atoms with Gasteiger partial charge in [0.1, 0.15) is 0 Å². The summed E-state index contributed by atoms with van der Waals surface area (Å²) in [7, 11) is 0. The monoisotopic (exact) mass is 334 g/mol. The molecule has 8 heteroatoms. The molecule has 1 amide bonds. The van der Waals surface area contributed by atoms with Gasteiger partial charge in [0.2, 0.25) is 0 Å². The highest BCUT2D eigenvalue weighted by atomic mass is 35.5. The Labute approximate surface area is 136 Å². The van der Waals surface area contributed by atoms with Crippen molar-refractivity contribution in [3.05, 3.63) is 47.4 Å². The van der Waals surface area contributed by atoms with Crippen molar-refractivity contribution >= 4 is 45.8 Å². The lowest BCUT2D eigenvalue weighted by Crippen LogP contribution is -2.13. The van der Waals surface area contributed by atoms with Gasteiger partial charge < -0.3 is 9.73 Å². The topological polar surface area (TPSA) is 90.4 Å². The van der Waals surface area contributed by atoms with Gasteiger partial charge in [-0.15, -0.1) is 0 Å². The SMILES string of the molecule is CSC(=Nc1ccc(Cl)c(NC(=O)c2ccco2)c1)NC#N. The van der Waals surface area contributed by atoms with E-state index in [0.717, 1.165) is 0 Å². The first kappa shape index (κ1) is 15.9. The molecule has 0 aliphatic heterocycles. The minimum absolute atomic E-state index is 0.181. The fourth-order valence-electron chi connectivity index (χ4n) is 1.56. The summed E-state index contributed by atoms with van der Waals surface area (Å²) in [5, 5.41) is 14.5. The second-order valence-electron chi connectivity index (χ2n) is 3.95. The van der Waals surface area contributed by atoms with Gasteiger partial charge in [0.05, 0.1) is 22.7 Å². The molecule has 2 rings (SSSR count). The highest BCUT2D eigenvalue weighted by molar-refractivity contribution is 8.13. The summed E-state index contributed by atoms with van der Waals surface area (Å²) in [5.74, 6) is -0.228. The average Bonchev–Trinajstić information content (AvgIpc) is 3.04. The molecule has 6 nitrogen and oxygen atoms in total. The number of amidine groups is 1. The fraction of sp³-hybridized carbons (Fsp3) is 0.0714. The van der Waals surface area contributed by atoms with Crippen molar-refractivity contribution in [3.8, 4) is 6.19 Å². The van der Waals surface area contributed by atoms with E-state index < -0.39 is 5.91 Å². The Morgan fingerprint density at radius 1 is 1.45 bits per heavy atom. The number of hydrogen-bond donors (Lipinski definition) is 2. The molecule has 0 saturated heterocycles. The van der Waals surface area contributed by atoms with Crippen LogP contribution < -0.4 is 10.6 Å². The predicted molar refractivity (Wildman–Crippen MR) is 87.5 cm³/mol. The molecular weight excluding hydrogens is 324 g/mol. The molecule has 1 aromatic carbocycles. The summed E-state index contributed by atoms with van der Waals surface area (Å²) in [6, 6.07) is 8.07. The predicted octanol–water partition coefficient (Wildman–Crippen LogP) is 3.61. The van der Waals surface area contributed by atoms with E-state index in [4.69, 9.17) is 21.3 Å². The van der Waals surface area contributed by atoms with Crippen LogP contribution in [0.3, 0.4) is 0 Å². The van der Waals surface area contributed by atoms with Gasteiger partial charge in [-0.3, -0.25) is 10.1 Å². The third-order valence-electron chi connectivity index (χ3n) is 2.53. The first-order valence-electron chi connectivity index (χ1n) is 6.06. The summed E-state index contributed by atoms with van der Waals surface area (Å²) in [6.07, 6.45) is 5.01. The van der Waals surface area contributed by atoms with E-state index in [9.17, 15) is 4.79 Å². The van der Waals surface area contributed by atoms with Crippen molar-refractivity contribution in [1.82, 2.24) is 5.32 Å². The number of hydrogen-bond acceptors (Lipinski definition) is 5. The maximum atomic E-state index is 12.0. The molecule has 1 heterocycles. The molecule has 0 aliphatic rings. The van der Waals surface area contributed by atoms with Crippen molar-refractivity contribution < 1.29 is 9.21 Å². The average molecular weight is 335 g/mol.